The van der Waals surface area contributed by atoms with E-state index in [1.807, 2.05) is 31.2 Å². The van der Waals surface area contributed by atoms with Gasteiger partial charge in [-0.1, -0.05) is 42.1 Å². The zero-order valence-corrected chi connectivity index (χ0v) is 16.9. The molecule has 1 aromatic heterocycles. The molecule has 0 bridgehead atoms. The van der Waals surface area contributed by atoms with Crippen LogP contribution in [-0.4, -0.2) is 35.8 Å². The molecule has 0 aliphatic carbocycles. The van der Waals surface area contributed by atoms with Crippen molar-refractivity contribution in [3.05, 3.63) is 54.6 Å². The number of carbonyl (C=O) groups excluding carboxylic acids is 1. The minimum Gasteiger partial charge on any atom is -0.371 e. The lowest BCUT2D eigenvalue weighted by atomic mass is 10.1. The van der Waals surface area contributed by atoms with Crippen molar-refractivity contribution in [3.63, 3.8) is 0 Å². The minimum absolute atomic E-state index is 0.0948. The smallest absolute Gasteiger partial charge is 0.233 e. The number of nitrogens with zero attached hydrogens (tertiary/aromatic N) is 2. The summed E-state index contributed by atoms with van der Waals surface area (Å²) in [7, 11) is 0. The van der Waals surface area contributed by atoms with Gasteiger partial charge in [0.05, 0.1) is 15.5 Å². The second-order valence-corrected chi connectivity index (χ2v) is 9.51. The van der Waals surface area contributed by atoms with E-state index in [2.05, 4.69) is 45.5 Å². The van der Waals surface area contributed by atoms with Crippen molar-refractivity contribution in [2.24, 2.45) is 5.92 Å². The zero-order chi connectivity index (χ0) is 18.6. The molecule has 2 atom stereocenters. The first-order valence-electron chi connectivity index (χ1n) is 9.29. The molecule has 1 aliphatic heterocycles. The highest BCUT2D eigenvalue weighted by Gasteiger charge is 2.24. The largest absolute Gasteiger partial charge is 0.371 e. The van der Waals surface area contributed by atoms with E-state index < -0.39 is 0 Å². The molecule has 4 rings (SSSR count). The van der Waals surface area contributed by atoms with Crippen LogP contribution in [0, 0.1) is 5.92 Å². The number of anilines is 1. The van der Waals surface area contributed by atoms with Gasteiger partial charge in [-0.3, -0.25) is 4.79 Å². The predicted molar refractivity (Wildman–Crippen MR) is 115 cm³/mol. The van der Waals surface area contributed by atoms with Crippen LogP contribution in [-0.2, 0) is 4.79 Å². The Bertz CT molecular complexity index is 879. The standard InChI is InChI=1S/C21H23N3OS2/c1-15(26-21-23-18-9-5-6-10-19(18)27-21)20(25)22-13-16-11-12-24(14-16)17-7-3-2-4-8-17/h2-10,15-16H,11-14H2,1H3,(H,22,25)/t15-,16+/m0/s1. The molecule has 27 heavy (non-hydrogen) atoms. The lowest BCUT2D eigenvalue weighted by molar-refractivity contribution is -0.120. The molecule has 3 aromatic rings. The number of hydrogen-bond donors (Lipinski definition) is 1. The second-order valence-electron chi connectivity index (χ2n) is 6.89. The molecular weight excluding hydrogens is 374 g/mol. The van der Waals surface area contributed by atoms with Crippen LogP contribution in [0.1, 0.15) is 13.3 Å². The van der Waals surface area contributed by atoms with Gasteiger partial charge >= 0.3 is 0 Å². The van der Waals surface area contributed by atoms with Crippen LogP contribution in [0.4, 0.5) is 5.69 Å². The van der Waals surface area contributed by atoms with Crippen LogP contribution < -0.4 is 10.2 Å². The normalized spacial score (nSPS) is 18.0. The van der Waals surface area contributed by atoms with E-state index in [1.54, 1.807) is 23.1 Å². The van der Waals surface area contributed by atoms with Crippen molar-refractivity contribution in [3.8, 4) is 0 Å². The molecule has 1 amide bonds. The van der Waals surface area contributed by atoms with Gasteiger partial charge in [0.2, 0.25) is 5.91 Å². The topological polar surface area (TPSA) is 45.2 Å². The molecule has 6 heteroatoms. The third-order valence-corrected chi connectivity index (χ3v) is 7.12. The zero-order valence-electron chi connectivity index (χ0n) is 15.3. The number of thiazole rings is 1. The maximum Gasteiger partial charge on any atom is 0.233 e. The number of rotatable bonds is 6. The predicted octanol–water partition coefficient (Wildman–Crippen LogP) is 4.42. The van der Waals surface area contributed by atoms with Crippen molar-refractivity contribution in [1.82, 2.24) is 10.3 Å². The van der Waals surface area contributed by atoms with Crippen LogP contribution in [0.2, 0.25) is 0 Å². The highest BCUT2D eigenvalue weighted by atomic mass is 32.2. The lowest BCUT2D eigenvalue weighted by Crippen LogP contribution is -2.35. The number of benzene rings is 2. The van der Waals surface area contributed by atoms with Gasteiger partial charge in [-0.05, 0) is 43.5 Å². The van der Waals surface area contributed by atoms with Gasteiger partial charge in [-0.25, -0.2) is 4.98 Å². The van der Waals surface area contributed by atoms with Gasteiger partial charge in [-0.2, -0.15) is 0 Å². The monoisotopic (exact) mass is 397 g/mol. The Kier molecular flexibility index (Phi) is 5.64. The van der Waals surface area contributed by atoms with Crippen LogP contribution in [0.5, 0.6) is 0 Å². The summed E-state index contributed by atoms with van der Waals surface area (Å²) >= 11 is 3.19. The van der Waals surface area contributed by atoms with Gasteiger partial charge in [0.15, 0.2) is 4.34 Å². The number of amides is 1. The molecule has 1 N–H and O–H groups in total. The third-order valence-electron chi connectivity index (χ3n) is 4.89. The Morgan fingerprint density at radius 1 is 1.26 bits per heavy atom. The number of para-hydroxylation sites is 2. The molecule has 1 fully saturated rings. The first kappa shape index (κ1) is 18.3. The minimum atomic E-state index is -0.141. The summed E-state index contributed by atoms with van der Waals surface area (Å²) in [4.78, 5) is 19.5. The van der Waals surface area contributed by atoms with Gasteiger partial charge < -0.3 is 10.2 Å². The Labute approximate surface area is 168 Å². The molecule has 2 heterocycles. The number of aromatic nitrogens is 1. The summed E-state index contributed by atoms with van der Waals surface area (Å²) in [6, 6.07) is 18.6. The summed E-state index contributed by atoms with van der Waals surface area (Å²) in [6.07, 6.45) is 1.12. The fourth-order valence-electron chi connectivity index (χ4n) is 3.37. The SMILES string of the molecule is C[C@H](Sc1nc2ccccc2s1)C(=O)NC[C@H]1CCN(c2ccccc2)C1. The second kappa shape index (κ2) is 8.31. The highest BCUT2D eigenvalue weighted by Crippen LogP contribution is 2.32. The number of carbonyl (C=O) groups is 1. The Morgan fingerprint density at radius 3 is 2.85 bits per heavy atom. The Morgan fingerprint density at radius 2 is 2.04 bits per heavy atom. The fourth-order valence-corrected chi connectivity index (χ4v) is 5.60. The molecule has 0 radical (unpaired) electrons. The van der Waals surface area contributed by atoms with E-state index in [0.717, 1.165) is 35.9 Å². The van der Waals surface area contributed by atoms with Crippen LogP contribution in [0.15, 0.2) is 58.9 Å². The van der Waals surface area contributed by atoms with Crippen molar-refractivity contribution >= 4 is 44.9 Å². The molecule has 4 nitrogen and oxygen atoms in total. The quantitative estimate of drug-likeness (QED) is 0.626. The fraction of sp³-hybridized carbons (Fsp3) is 0.333. The van der Waals surface area contributed by atoms with Gasteiger partial charge in [0.1, 0.15) is 0 Å². The summed E-state index contributed by atoms with van der Waals surface area (Å²) in [5.41, 5.74) is 2.27. The molecular formula is C21H23N3OS2. The first-order chi connectivity index (χ1) is 13.2. The van der Waals surface area contributed by atoms with Crippen LogP contribution in [0.25, 0.3) is 10.2 Å². The van der Waals surface area contributed by atoms with Gasteiger partial charge in [0, 0.05) is 25.3 Å². The molecule has 2 aromatic carbocycles. The number of nitrogens with one attached hydrogen (secondary N) is 1. The van der Waals surface area contributed by atoms with Crippen molar-refractivity contribution in [2.45, 2.75) is 22.9 Å². The van der Waals surface area contributed by atoms with Gasteiger partial charge in [-0.15, -0.1) is 11.3 Å². The molecule has 1 saturated heterocycles. The average Bonchev–Trinajstić information content (AvgIpc) is 3.33. The maximum absolute atomic E-state index is 12.5. The summed E-state index contributed by atoms with van der Waals surface area (Å²) in [6.45, 7) is 4.76. The highest BCUT2D eigenvalue weighted by molar-refractivity contribution is 8.02. The summed E-state index contributed by atoms with van der Waals surface area (Å²) < 4.78 is 2.12. The van der Waals surface area contributed by atoms with E-state index >= 15 is 0 Å². The average molecular weight is 398 g/mol. The summed E-state index contributed by atoms with van der Waals surface area (Å²) in [5, 5.41) is 3.00. The number of fused-ring (bicyclic) bond motifs is 1. The number of hydrogen-bond acceptors (Lipinski definition) is 5. The Balaban J connectivity index is 1.26. The van der Waals surface area contributed by atoms with E-state index in [4.69, 9.17) is 0 Å². The third kappa shape index (κ3) is 4.45. The lowest BCUT2D eigenvalue weighted by Gasteiger charge is -2.19. The molecule has 0 spiro atoms. The molecule has 1 aliphatic rings. The van der Waals surface area contributed by atoms with Crippen LogP contribution >= 0.6 is 23.1 Å². The van der Waals surface area contributed by atoms with Gasteiger partial charge in [0.25, 0.3) is 0 Å². The van der Waals surface area contributed by atoms with E-state index in [9.17, 15) is 4.79 Å². The molecule has 0 unspecified atom stereocenters. The Hall–Kier alpha value is -2.05. The number of thioether (sulfide) groups is 1. The first-order valence-corrected chi connectivity index (χ1v) is 11.0. The van der Waals surface area contributed by atoms with Crippen LogP contribution in [0.3, 0.4) is 0 Å². The maximum atomic E-state index is 12.5. The van der Waals surface area contributed by atoms with Crippen molar-refractivity contribution in [1.29, 1.82) is 0 Å². The molecule has 0 saturated carbocycles. The van der Waals surface area contributed by atoms with E-state index in [1.165, 1.54) is 10.4 Å². The van der Waals surface area contributed by atoms with E-state index in [0.29, 0.717) is 5.92 Å². The van der Waals surface area contributed by atoms with E-state index in [-0.39, 0.29) is 11.2 Å². The summed E-state index contributed by atoms with van der Waals surface area (Å²) in [5.74, 6) is 0.603. The van der Waals surface area contributed by atoms with Crippen molar-refractivity contribution < 1.29 is 4.79 Å². The van der Waals surface area contributed by atoms with Crippen molar-refractivity contribution in [2.75, 3.05) is 24.5 Å². The molecule has 140 valence electrons.